The van der Waals surface area contributed by atoms with Crippen molar-refractivity contribution in [2.24, 2.45) is 5.92 Å². The Morgan fingerprint density at radius 3 is 2.18 bits per heavy atom. The van der Waals surface area contributed by atoms with E-state index >= 15 is 0 Å². The fourth-order valence-electron chi connectivity index (χ4n) is 3.08. The van der Waals surface area contributed by atoms with Crippen LogP contribution in [-0.4, -0.2) is 0 Å². The van der Waals surface area contributed by atoms with E-state index in [-0.39, 0.29) is 0 Å². The molecule has 118 valence electrons. The molecule has 0 nitrogen and oxygen atoms in total. The normalized spacial score (nSPS) is 12.3. The number of benzene rings is 2. The molecule has 0 N–H and O–H groups in total. The SMILES string of the molecule is CCCCCC(C)CCc1ccccc1Cc1ccccc1. The maximum atomic E-state index is 2.41. The summed E-state index contributed by atoms with van der Waals surface area (Å²) in [7, 11) is 0. The molecule has 0 spiro atoms. The molecule has 0 radical (unpaired) electrons. The Morgan fingerprint density at radius 2 is 1.45 bits per heavy atom. The highest BCUT2D eigenvalue weighted by Gasteiger charge is 2.06. The van der Waals surface area contributed by atoms with Gasteiger partial charge in [-0.3, -0.25) is 0 Å². The minimum Gasteiger partial charge on any atom is -0.0654 e. The van der Waals surface area contributed by atoms with Crippen LogP contribution in [-0.2, 0) is 12.8 Å². The zero-order valence-corrected chi connectivity index (χ0v) is 14.2. The first-order chi connectivity index (χ1) is 10.8. The molecule has 0 aliphatic carbocycles. The maximum absolute atomic E-state index is 2.41. The van der Waals surface area contributed by atoms with E-state index in [4.69, 9.17) is 0 Å². The van der Waals surface area contributed by atoms with Crippen LogP contribution >= 0.6 is 0 Å². The average molecular weight is 294 g/mol. The van der Waals surface area contributed by atoms with E-state index in [1.165, 1.54) is 55.2 Å². The summed E-state index contributed by atoms with van der Waals surface area (Å²) in [5.74, 6) is 0.844. The summed E-state index contributed by atoms with van der Waals surface area (Å²) in [5.41, 5.74) is 4.44. The highest BCUT2D eigenvalue weighted by atomic mass is 14.1. The molecule has 1 atom stereocenters. The van der Waals surface area contributed by atoms with Crippen molar-refractivity contribution in [1.29, 1.82) is 0 Å². The molecule has 0 aliphatic rings. The Kier molecular flexibility index (Phi) is 7.22. The van der Waals surface area contributed by atoms with Gasteiger partial charge in [-0.15, -0.1) is 0 Å². The molecular formula is C22H30. The third-order valence-corrected chi connectivity index (χ3v) is 4.56. The molecule has 0 heterocycles. The lowest BCUT2D eigenvalue weighted by atomic mass is 9.92. The van der Waals surface area contributed by atoms with E-state index < -0.39 is 0 Å². The van der Waals surface area contributed by atoms with Crippen molar-refractivity contribution < 1.29 is 0 Å². The first kappa shape index (κ1) is 16.8. The summed E-state index contributed by atoms with van der Waals surface area (Å²) in [6.07, 6.45) is 9.08. The van der Waals surface area contributed by atoms with E-state index in [0.29, 0.717) is 0 Å². The number of aryl methyl sites for hydroxylation is 1. The third kappa shape index (κ3) is 5.67. The van der Waals surface area contributed by atoms with Gasteiger partial charge in [-0.05, 0) is 41.9 Å². The van der Waals surface area contributed by atoms with Gasteiger partial charge < -0.3 is 0 Å². The summed E-state index contributed by atoms with van der Waals surface area (Å²) in [5, 5.41) is 0. The Bertz CT molecular complexity index is 527. The quantitative estimate of drug-likeness (QED) is 0.468. The van der Waals surface area contributed by atoms with E-state index in [9.17, 15) is 0 Å². The molecule has 2 aromatic rings. The van der Waals surface area contributed by atoms with Gasteiger partial charge in [0, 0.05) is 0 Å². The lowest BCUT2D eigenvalue weighted by molar-refractivity contribution is 0.464. The van der Waals surface area contributed by atoms with E-state index in [0.717, 1.165) is 12.3 Å². The highest BCUT2D eigenvalue weighted by molar-refractivity contribution is 5.32. The van der Waals surface area contributed by atoms with Crippen LogP contribution in [0.2, 0.25) is 0 Å². The van der Waals surface area contributed by atoms with Crippen molar-refractivity contribution in [2.45, 2.75) is 58.8 Å². The van der Waals surface area contributed by atoms with Crippen molar-refractivity contribution in [3.8, 4) is 0 Å². The summed E-state index contributed by atoms with van der Waals surface area (Å²) in [4.78, 5) is 0. The molecule has 0 saturated heterocycles. The standard InChI is InChI=1S/C22H30/c1-3-4-6-11-19(2)16-17-21-14-9-10-15-22(21)18-20-12-7-5-8-13-20/h5,7-10,12-15,19H,3-4,6,11,16-18H2,1-2H3. The van der Waals surface area contributed by atoms with Crippen LogP contribution in [0.3, 0.4) is 0 Å². The number of hydrogen-bond acceptors (Lipinski definition) is 0. The summed E-state index contributed by atoms with van der Waals surface area (Å²) in [6, 6.07) is 19.8. The second kappa shape index (κ2) is 9.46. The Morgan fingerprint density at radius 1 is 0.773 bits per heavy atom. The minimum absolute atomic E-state index is 0.844. The largest absolute Gasteiger partial charge is 0.0654 e. The Hall–Kier alpha value is -1.56. The average Bonchev–Trinajstić information content (AvgIpc) is 2.55. The highest BCUT2D eigenvalue weighted by Crippen LogP contribution is 2.20. The van der Waals surface area contributed by atoms with E-state index in [1.807, 2.05) is 0 Å². The maximum Gasteiger partial charge on any atom is -0.00230 e. The van der Waals surface area contributed by atoms with E-state index in [1.54, 1.807) is 0 Å². The predicted octanol–water partition coefficient (Wildman–Crippen LogP) is 6.43. The van der Waals surface area contributed by atoms with Gasteiger partial charge in [-0.2, -0.15) is 0 Å². The fraction of sp³-hybridized carbons (Fsp3) is 0.455. The van der Waals surface area contributed by atoms with Crippen molar-refractivity contribution in [2.75, 3.05) is 0 Å². The van der Waals surface area contributed by atoms with Crippen LogP contribution in [0.15, 0.2) is 54.6 Å². The first-order valence-corrected chi connectivity index (χ1v) is 8.90. The monoisotopic (exact) mass is 294 g/mol. The van der Waals surface area contributed by atoms with Crippen molar-refractivity contribution in [1.82, 2.24) is 0 Å². The molecule has 0 amide bonds. The zero-order chi connectivity index (χ0) is 15.6. The van der Waals surface area contributed by atoms with Crippen LogP contribution in [0.4, 0.5) is 0 Å². The second-order valence-corrected chi connectivity index (χ2v) is 6.57. The second-order valence-electron chi connectivity index (χ2n) is 6.57. The van der Waals surface area contributed by atoms with Crippen molar-refractivity contribution in [3.63, 3.8) is 0 Å². The third-order valence-electron chi connectivity index (χ3n) is 4.56. The van der Waals surface area contributed by atoms with Gasteiger partial charge in [0.1, 0.15) is 0 Å². The van der Waals surface area contributed by atoms with E-state index in [2.05, 4.69) is 68.4 Å². The van der Waals surface area contributed by atoms with Crippen molar-refractivity contribution >= 4 is 0 Å². The van der Waals surface area contributed by atoms with Gasteiger partial charge in [0.15, 0.2) is 0 Å². The molecule has 2 rings (SSSR count). The van der Waals surface area contributed by atoms with Gasteiger partial charge in [0.2, 0.25) is 0 Å². The Labute approximate surface area is 136 Å². The molecule has 22 heavy (non-hydrogen) atoms. The van der Waals surface area contributed by atoms with Crippen LogP contribution in [0.1, 0.15) is 62.6 Å². The van der Waals surface area contributed by atoms with Crippen LogP contribution in [0.25, 0.3) is 0 Å². The molecule has 0 fully saturated rings. The van der Waals surface area contributed by atoms with Gasteiger partial charge in [0.05, 0.1) is 0 Å². The molecule has 0 aliphatic heterocycles. The molecule has 0 saturated carbocycles. The lowest BCUT2D eigenvalue weighted by Gasteiger charge is -2.14. The van der Waals surface area contributed by atoms with Gasteiger partial charge in [-0.25, -0.2) is 0 Å². The fourth-order valence-corrected chi connectivity index (χ4v) is 3.08. The van der Waals surface area contributed by atoms with Gasteiger partial charge in [0.25, 0.3) is 0 Å². The Balaban J connectivity index is 1.91. The molecular weight excluding hydrogens is 264 g/mol. The predicted molar refractivity (Wildman–Crippen MR) is 97.3 cm³/mol. The van der Waals surface area contributed by atoms with Crippen LogP contribution in [0.5, 0.6) is 0 Å². The minimum atomic E-state index is 0.844. The van der Waals surface area contributed by atoms with Gasteiger partial charge >= 0.3 is 0 Å². The summed E-state index contributed by atoms with van der Waals surface area (Å²) >= 11 is 0. The zero-order valence-electron chi connectivity index (χ0n) is 14.2. The molecule has 2 aromatic carbocycles. The summed E-state index contributed by atoms with van der Waals surface area (Å²) in [6.45, 7) is 4.69. The number of unbranched alkanes of at least 4 members (excludes halogenated alkanes) is 2. The smallest absolute Gasteiger partial charge is 0.00230 e. The van der Waals surface area contributed by atoms with Crippen LogP contribution < -0.4 is 0 Å². The number of hydrogen-bond donors (Lipinski definition) is 0. The summed E-state index contributed by atoms with van der Waals surface area (Å²) < 4.78 is 0. The molecule has 0 aromatic heterocycles. The van der Waals surface area contributed by atoms with Crippen molar-refractivity contribution in [3.05, 3.63) is 71.3 Å². The molecule has 0 heteroatoms. The topological polar surface area (TPSA) is 0 Å². The van der Waals surface area contributed by atoms with Crippen LogP contribution in [0, 0.1) is 5.92 Å². The number of rotatable bonds is 9. The lowest BCUT2D eigenvalue weighted by Crippen LogP contribution is -2.01. The molecule has 0 bridgehead atoms. The van der Waals surface area contributed by atoms with Gasteiger partial charge in [-0.1, -0.05) is 94.1 Å². The molecule has 1 unspecified atom stereocenters. The first-order valence-electron chi connectivity index (χ1n) is 8.90.